The third-order valence-electron chi connectivity index (χ3n) is 2.59. The van der Waals surface area contributed by atoms with Gasteiger partial charge in [-0.15, -0.1) is 0 Å². The first-order valence-corrected chi connectivity index (χ1v) is 8.16. The van der Waals surface area contributed by atoms with Crippen LogP contribution in [0, 0.1) is 34.0 Å². The van der Waals surface area contributed by atoms with Crippen LogP contribution in [-0.4, -0.2) is 14.2 Å². The molecule has 0 aliphatic carbocycles. The molecular weight excluding hydrogens is 324 g/mol. The molecule has 0 saturated heterocycles. The summed E-state index contributed by atoms with van der Waals surface area (Å²) in [6, 6.07) is 8.88. The van der Waals surface area contributed by atoms with Gasteiger partial charge in [0.1, 0.15) is 23.9 Å². The fourth-order valence-electron chi connectivity index (χ4n) is 1.67. The summed E-state index contributed by atoms with van der Waals surface area (Å²) in [6.07, 6.45) is 0.424. The lowest BCUT2D eigenvalue weighted by atomic mass is 10.2. The first-order valence-electron chi connectivity index (χ1n) is 6.13. The number of benzene rings is 1. The molecule has 1 aromatic carbocycles. The fourth-order valence-corrected chi connectivity index (χ4v) is 3.32. The van der Waals surface area contributed by atoms with Crippen LogP contribution in [0.1, 0.15) is 13.3 Å². The van der Waals surface area contributed by atoms with Crippen LogP contribution in [0.2, 0.25) is 5.02 Å². The van der Waals surface area contributed by atoms with Gasteiger partial charge < -0.3 is 5.32 Å². The highest BCUT2D eigenvalue weighted by Gasteiger charge is 2.19. The maximum atomic E-state index is 12.2. The molecule has 0 heterocycles. The number of hydrogen-bond acceptors (Lipinski definition) is 6. The van der Waals surface area contributed by atoms with Gasteiger partial charge >= 0.3 is 0 Å². The van der Waals surface area contributed by atoms with Gasteiger partial charge in [-0.25, -0.2) is 8.42 Å². The lowest BCUT2D eigenvalue weighted by Crippen LogP contribution is -2.10. The summed E-state index contributed by atoms with van der Waals surface area (Å²) in [6.45, 7) is 1.73. The second kappa shape index (κ2) is 7.47. The number of hydrogen-bond donors (Lipinski definition) is 1. The van der Waals surface area contributed by atoms with Crippen molar-refractivity contribution in [2.75, 3.05) is 11.1 Å². The first-order chi connectivity index (χ1) is 10.4. The Bertz CT molecular complexity index is 823. The van der Waals surface area contributed by atoms with Crippen molar-refractivity contribution in [3.63, 3.8) is 0 Å². The summed E-state index contributed by atoms with van der Waals surface area (Å²) in [5.41, 5.74) is -0.720. The molecule has 0 aliphatic heterocycles. The van der Waals surface area contributed by atoms with Crippen molar-refractivity contribution in [1.82, 2.24) is 0 Å². The van der Waals surface area contributed by atoms with Gasteiger partial charge in [-0.05, 0) is 24.6 Å². The van der Waals surface area contributed by atoms with Crippen LogP contribution in [0.25, 0.3) is 0 Å². The molecule has 0 aromatic heterocycles. The van der Waals surface area contributed by atoms with Gasteiger partial charge in [0.05, 0.1) is 16.3 Å². The molecule has 8 heteroatoms. The van der Waals surface area contributed by atoms with Gasteiger partial charge in [0.15, 0.2) is 15.4 Å². The van der Waals surface area contributed by atoms with E-state index in [0.29, 0.717) is 6.42 Å². The zero-order valence-corrected chi connectivity index (χ0v) is 13.2. The number of allylic oxidation sites excluding steroid dienone is 2. The summed E-state index contributed by atoms with van der Waals surface area (Å²) in [5, 5.41) is 29.4. The van der Waals surface area contributed by atoms with E-state index in [1.165, 1.54) is 18.2 Å². The predicted molar refractivity (Wildman–Crippen MR) is 81.3 cm³/mol. The molecule has 22 heavy (non-hydrogen) atoms. The molecule has 0 fully saturated rings. The zero-order valence-electron chi connectivity index (χ0n) is 11.6. The number of halogens is 1. The number of anilines is 1. The Morgan fingerprint density at radius 3 is 2.36 bits per heavy atom. The minimum atomic E-state index is -3.57. The Morgan fingerprint density at radius 2 is 1.86 bits per heavy atom. The van der Waals surface area contributed by atoms with E-state index < -0.39 is 15.4 Å². The van der Waals surface area contributed by atoms with Crippen molar-refractivity contribution in [3.05, 3.63) is 34.5 Å². The van der Waals surface area contributed by atoms with Crippen LogP contribution in [0.15, 0.2) is 34.4 Å². The number of nitriles is 3. The Kier molecular flexibility index (Phi) is 5.95. The number of sulfone groups is 1. The summed E-state index contributed by atoms with van der Waals surface area (Å²) < 4.78 is 24.5. The molecule has 0 bridgehead atoms. The van der Waals surface area contributed by atoms with Gasteiger partial charge in [-0.2, -0.15) is 15.8 Å². The highest BCUT2D eigenvalue weighted by molar-refractivity contribution is 7.91. The summed E-state index contributed by atoms with van der Waals surface area (Å²) >= 11 is 5.85. The number of nitrogens with zero attached hydrogens (tertiary/aromatic N) is 3. The average Bonchev–Trinajstić information content (AvgIpc) is 2.47. The van der Waals surface area contributed by atoms with E-state index in [9.17, 15) is 8.42 Å². The normalized spacial score (nSPS) is 9.95. The highest BCUT2D eigenvalue weighted by atomic mass is 35.5. The first kappa shape index (κ1) is 17.5. The van der Waals surface area contributed by atoms with Crippen LogP contribution in [0.5, 0.6) is 0 Å². The maximum absolute atomic E-state index is 12.2. The Labute approximate surface area is 133 Å². The van der Waals surface area contributed by atoms with Crippen molar-refractivity contribution in [2.45, 2.75) is 18.2 Å². The van der Waals surface area contributed by atoms with Crippen molar-refractivity contribution >= 4 is 27.1 Å². The summed E-state index contributed by atoms with van der Waals surface area (Å²) in [7, 11) is -3.57. The third-order valence-corrected chi connectivity index (χ3v) is 4.80. The third kappa shape index (κ3) is 3.99. The van der Waals surface area contributed by atoms with Crippen LogP contribution >= 0.6 is 11.6 Å². The maximum Gasteiger partial charge on any atom is 0.180 e. The SMILES string of the molecule is CCCS(=O)(=O)c1ccc(Cl)cc1NC(C#N)=C(C#N)C#N. The molecule has 0 atom stereocenters. The predicted octanol–water partition coefficient (Wildman–Crippen LogP) is 2.76. The minimum Gasteiger partial charge on any atom is -0.344 e. The molecule has 6 nitrogen and oxygen atoms in total. The molecule has 0 amide bonds. The smallest absolute Gasteiger partial charge is 0.180 e. The van der Waals surface area contributed by atoms with Gasteiger partial charge in [0.25, 0.3) is 0 Å². The highest BCUT2D eigenvalue weighted by Crippen LogP contribution is 2.28. The standard InChI is InChI=1S/C14H11ClN4O2S/c1-2-5-22(20,21)14-4-3-11(15)6-12(14)19-13(9-18)10(7-16)8-17/h3-4,6,19H,2,5H2,1H3. The van der Waals surface area contributed by atoms with E-state index >= 15 is 0 Å². The molecule has 0 unspecified atom stereocenters. The Morgan fingerprint density at radius 1 is 1.23 bits per heavy atom. The van der Waals surface area contributed by atoms with Crippen LogP contribution in [-0.2, 0) is 9.84 Å². The minimum absolute atomic E-state index is 0.0401. The molecule has 0 saturated carbocycles. The Hall–Kier alpha value is -2.53. The van der Waals surface area contributed by atoms with Crippen molar-refractivity contribution in [3.8, 4) is 18.2 Å². The lowest BCUT2D eigenvalue weighted by Gasteiger charge is -2.12. The summed E-state index contributed by atoms with van der Waals surface area (Å²) in [5.74, 6) is -0.0712. The van der Waals surface area contributed by atoms with Crippen LogP contribution in [0.3, 0.4) is 0 Å². The average molecular weight is 335 g/mol. The van der Waals surface area contributed by atoms with Crippen LogP contribution < -0.4 is 5.32 Å². The van der Waals surface area contributed by atoms with E-state index in [4.69, 9.17) is 27.4 Å². The van der Waals surface area contributed by atoms with Crippen LogP contribution in [0.4, 0.5) is 5.69 Å². The Balaban J connectivity index is 3.47. The second-order valence-corrected chi connectivity index (χ2v) is 6.68. The topological polar surface area (TPSA) is 118 Å². The quantitative estimate of drug-likeness (QED) is 0.827. The van der Waals surface area contributed by atoms with Gasteiger partial charge in [-0.3, -0.25) is 0 Å². The van der Waals surface area contributed by atoms with E-state index in [1.807, 2.05) is 0 Å². The van der Waals surface area contributed by atoms with E-state index in [2.05, 4.69) is 5.32 Å². The molecule has 1 rings (SSSR count). The number of nitrogens with one attached hydrogen (secondary N) is 1. The summed E-state index contributed by atoms with van der Waals surface area (Å²) in [4.78, 5) is -0.0401. The van der Waals surface area contributed by atoms with Crippen molar-refractivity contribution < 1.29 is 8.42 Å². The van der Waals surface area contributed by atoms with E-state index in [1.54, 1.807) is 25.1 Å². The van der Waals surface area contributed by atoms with Crippen molar-refractivity contribution in [1.29, 1.82) is 15.8 Å². The van der Waals surface area contributed by atoms with E-state index in [0.717, 1.165) is 0 Å². The molecule has 0 aliphatic rings. The molecule has 112 valence electrons. The largest absolute Gasteiger partial charge is 0.344 e. The fraction of sp³-hybridized carbons (Fsp3) is 0.214. The molecule has 0 spiro atoms. The lowest BCUT2D eigenvalue weighted by molar-refractivity contribution is 0.595. The molecule has 1 aromatic rings. The molecular formula is C14H11ClN4O2S. The second-order valence-electron chi connectivity index (χ2n) is 4.17. The van der Waals surface area contributed by atoms with Crippen molar-refractivity contribution in [2.24, 2.45) is 0 Å². The molecule has 0 radical (unpaired) electrons. The van der Waals surface area contributed by atoms with Gasteiger partial charge in [0, 0.05) is 5.02 Å². The van der Waals surface area contributed by atoms with E-state index in [-0.39, 0.29) is 27.1 Å². The van der Waals surface area contributed by atoms with Gasteiger partial charge in [-0.1, -0.05) is 18.5 Å². The monoisotopic (exact) mass is 334 g/mol. The van der Waals surface area contributed by atoms with Gasteiger partial charge in [0.2, 0.25) is 0 Å². The zero-order chi connectivity index (χ0) is 16.8. The number of rotatable bonds is 5. The molecule has 1 N–H and O–H groups in total.